The summed E-state index contributed by atoms with van der Waals surface area (Å²) in [5, 5.41) is 14.4. The van der Waals surface area contributed by atoms with Gasteiger partial charge >= 0.3 is 12.1 Å². The predicted octanol–water partition coefficient (Wildman–Crippen LogP) is 4.88. The fourth-order valence-electron chi connectivity index (χ4n) is 3.17. The maximum Gasteiger partial charge on any atom is 0.417 e. The molecule has 0 unspecified atom stereocenters. The second-order valence-electron chi connectivity index (χ2n) is 7.08. The van der Waals surface area contributed by atoms with Crippen LogP contribution in [0.25, 0.3) is 11.1 Å². The first kappa shape index (κ1) is 24.1. The highest BCUT2D eigenvalue weighted by molar-refractivity contribution is 6.00. The first-order valence-electron chi connectivity index (χ1n) is 9.59. The van der Waals surface area contributed by atoms with Gasteiger partial charge in [-0.1, -0.05) is 35.5 Å². The summed E-state index contributed by atoms with van der Waals surface area (Å²) in [6.45, 7) is 1.67. The highest BCUT2D eigenvalue weighted by atomic mass is 19.4. The molecule has 11 heteroatoms. The number of nitrogens with two attached hydrogens (primary N) is 1. The number of nitro benzene ring substituents is 1. The van der Waals surface area contributed by atoms with Crippen molar-refractivity contribution in [2.45, 2.75) is 13.1 Å². The van der Waals surface area contributed by atoms with E-state index in [4.69, 9.17) is 5.73 Å². The van der Waals surface area contributed by atoms with E-state index in [1.807, 2.05) is 0 Å². The van der Waals surface area contributed by atoms with Crippen LogP contribution in [-0.4, -0.2) is 23.0 Å². The molecule has 0 aliphatic carbocycles. The Morgan fingerprint density at radius 3 is 2.35 bits per heavy atom. The maximum atomic E-state index is 13.7. The molecule has 34 heavy (non-hydrogen) atoms. The molecule has 0 amide bonds. The first-order chi connectivity index (χ1) is 16.0. The van der Waals surface area contributed by atoms with Crippen LogP contribution in [0.5, 0.6) is 0 Å². The first-order valence-corrected chi connectivity index (χ1v) is 9.59. The maximum absolute atomic E-state index is 13.7. The molecule has 0 spiro atoms. The summed E-state index contributed by atoms with van der Waals surface area (Å²) >= 11 is 0. The lowest BCUT2D eigenvalue weighted by atomic mass is 9.94. The number of carbonyl (C=O) groups excluding carboxylic acids is 2. The molecule has 0 aliphatic heterocycles. The van der Waals surface area contributed by atoms with Crippen LogP contribution < -0.4 is 5.73 Å². The van der Waals surface area contributed by atoms with Crippen LogP contribution in [0.4, 0.5) is 18.9 Å². The van der Waals surface area contributed by atoms with Gasteiger partial charge in [-0.2, -0.15) is 13.2 Å². The van der Waals surface area contributed by atoms with Crippen molar-refractivity contribution < 1.29 is 32.5 Å². The molecule has 0 radical (unpaired) electrons. The van der Waals surface area contributed by atoms with Gasteiger partial charge in [0.1, 0.15) is 0 Å². The van der Waals surface area contributed by atoms with Crippen molar-refractivity contribution in [3.63, 3.8) is 0 Å². The van der Waals surface area contributed by atoms with E-state index in [2.05, 4.69) is 9.99 Å². The molecule has 3 aromatic rings. The summed E-state index contributed by atoms with van der Waals surface area (Å²) in [4.78, 5) is 38.2. The molecule has 0 bridgehead atoms. The lowest BCUT2D eigenvalue weighted by Gasteiger charge is -2.15. The number of halogens is 3. The molecule has 0 atom stereocenters. The fourth-order valence-corrected chi connectivity index (χ4v) is 3.17. The van der Waals surface area contributed by atoms with Crippen LogP contribution in [0.3, 0.4) is 0 Å². The van der Waals surface area contributed by atoms with Gasteiger partial charge in [-0.05, 0) is 47.9 Å². The highest BCUT2D eigenvalue weighted by Gasteiger charge is 2.35. The molecule has 0 saturated heterocycles. The van der Waals surface area contributed by atoms with Gasteiger partial charge in [-0.25, -0.2) is 4.79 Å². The Bertz CT molecular complexity index is 1320. The standard InChI is InChI=1S/C23H16F3N3O5/c1-13-4-2-3-5-17(13)18-9-8-15(10-19(18)23(24,25)26)22(31)34-28-21(27)14-6-7-16(12-30)20(11-14)29(32)33/h2-12H,1H3,(H2,27,28). The monoisotopic (exact) mass is 471 g/mol. The third-order valence-electron chi connectivity index (χ3n) is 4.87. The van der Waals surface area contributed by atoms with E-state index in [0.29, 0.717) is 17.2 Å². The normalized spacial score (nSPS) is 11.7. The van der Waals surface area contributed by atoms with Crippen LogP contribution in [0, 0.1) is 17.0 Å². The zero-order valence-corrected chi connectivity index (χ0v) is 17.5. The number of alkyl halides is 3. The van der Waals surface area contributed by atoms with Crippen LogP contribution >= 0.6 is 0 Å². The number of nitrogens with zero attached hydrogens (tertiary/aromatic N) is 2. The minimum atomic E-state index is -4.75. The summed E-state index contributed by atoms with van der Waals surface area (Å²) in [5.41, 5.74) is 4.32. The smallest absolute Gasteiger partial charge is 0.380 e. The minimum absolute atomic E-state index is 0.0315. The quantitative estimate of drug-likeness (QED) is 0.136. The van der Waals surface area contributed by atoms with Crippen LogP contribution in [0.1, 0.15) is 37.4 Å². The average molecular weight is 471 g/mol. The Labute approximate surface area is 190 Å². The van der Waals surface area contributed by atoms with E-state index in [1.54, 1.807) is 25.1 Å². The summed E-state index contributed by atoms with van der Waals surface area (Å²) in [7, 11) is 0. The molecule has 2 N–H and O–H groups in total. The molecule has 3 rings (SSSR count). The molecule has 174 valence electrons. The van der Waals surface area contributed by atoms with Gasteiger partial charge in [0.15, 0.2) is 12.1 Å². The third kappa shape index (κ3) is 5.09. The van der Waals surface area contributed by atoms with Crippen molar-refractivity contribution in [2.75, 3.05) is 0 Å². The second-order valence-corrected chi connectivity index (χ2v) is 7.08. The molecule has 0 heterocycles. The van der Waals surface area contributed by atoms with E-state index in [0.717, 1.165) is 24.3 Å². The Morgan fingerprint density at radius 2 is 1.74 bits per heavy atom. The summed E-state index contributed by atoms with van der Waals surface area (Å²) in [5.74, 6) is -1.68. The van der Waals surface area contributed by atoms with E-state index in [9.17, 15) is 32.9 Å². The second kappa shape index (κ2) is 9.53. The number of aryl methyl sites for hydroxylation is 1. The van der Waals surface area contributed by atoms with Gasteiger partial charge in [-0.3, -0.25) is 14.9 Å². The summed E-state index contributed by atoms with van der Waals surface area (Å²) in [6, 6.07) is 12.8. The number of hydrogen-bond donors (Lipinski definition) is 1. The SMILES string of the molecule is Cc1ccccc1-c1ccc(C(=O)O/N=C(\N)c2ccc(C=O)c([N+](=O)[O-])c2)cc1C(F)(F)F. The minimum Gasteiger partial charge on any atom is -0.380 e. The van der Waals surface area contributed by atoms with Crippen molar-refractivity contribution in [3.8, 4) is 11.1 Å². The third-order valence-corrected chi connectivity index (χ3v) is 4.87. The molecule has 8 nitrogen and oxygen atoms in total. The Morgan fingerprint density at radius 1 is 1.06 bits per heavy atom. The molecular formula is C23H16F3N3O5. The van der Waals surface area contributed by atoms with Crippen molar-refractivity contribution in [1.82, 2.24) is 0 Å². The van der Waals surface area contributed by atoms with Gasteiger partial charge in [0.25, 0.3) is 5.69 Å². The zero-order chi connectivity index (χ0) is 25.0. The number of oxime groups is 1. The lowest BCUT2D eigenvalue weighted by molar-refractivity contribution is -0.385. The number of rotatable bonds is 6. The topological polar surface area (TPSA) is 125 Å². The Balaban J connectivity index is 1.91. The number of nitro groups is 1. The molecule has 0 saturated carbocycles. The van der Waals surface area contributed by atoms with E-state index >= 15 is 0 Å². The summed E-state index contributed by atoms with van der Waals surface area (Å²) in [6.07, 6.45) is -4.47. The molecule has 3 aromatic carbocycles. The van der Waals surface area contributed by atoms with Crippen LogP contribution in [-0.2, 0) is 11.0 Å². The number of aldehydes is 1. The van der Waals surface area contributed by atoms with Crippen molar-refractivity contribution in [3.05, 3.63) is 98.6 Å². The summed E-state index contributed by atoms with van der Waals surface area (Å²) < 4.78 is 41.2. The van der Waals surface area contributed by atoms with Gasteiger partial charge in [0.05, 0.1) is 21.6 Å². The van der Waals surface area contributed by atoms with Gasteiger partial charge < -0.3 is 10.6 Å². The molecular weight excluding hydrogens is 455 g/mol. The van der Waals surface area contributed by atoms with E-state index in [-0.39, 0.29) is 23.0 Å². The van der Waals surface area contributed by atoms with E-state index in [1.165, 1.54) is 12.1 Å². The van der Waals surface area contributed by atoms with Crippen LogP contribution in [0.2, 0.25) is 0 Å². The highest BCUT2D eigenvalue weighted by Crippen LogP contribution is 2.38. The van der Waals surface area contributed by atoms with E-state index < -0.39 is 39.7 Å². The van der Waals surface area contributed by atoms with Gasteiger partial charge in [-0.15, -0.1) is 0 Å². The Kier molecular flexibility index (Phi) is 6.76. The lowest BCUT2D eigenvalue weighted by Crippen LogP contribution is -2.16. The Hall–Kier alpha value is -4.54. The zero-order valence-electron chi connectivity index (χ0n) is 17.5. The molecule has 0 aromatic heterocycles. The van der Waals surface area contributed by atoms with Gasteiger partial charge in [0.2, 0.25) is 0 Å². The average Bonchev–Trinajstić information content (AvgIpc) is 2.81. The van der Waals surface area contributed by atoms with Crippen LogP contribution in [0.15, 0.2) is 65.8 Å². The number of benzene rings is 3. The molecule has 0 aliphatic rings. The largest absolute Gasteiger partial charge is 0.417 e. The fraction of sp³-hybridized carbons (Fsp3) is 0.0870. The van der Waals surface area contributed by atoms with Crippen molar-refractivity contribution in [2.24, 2.45) is 10.9 Å². The number of hydrogen-bond acceptors (Lipinski definition) is 6. The molecule has 0 fully saturated rings. The van der Waals surface area contributed by atoms with Crippen molar-refractivity contribution >= 4 is 23.8 Å². The predicted molar refractivity (Wildman–Crippen MR) is 116 cm³/mol. The van der Waals surface area contributed by atoms with Crippen molar-refractivity contribution in [1.29, 1.82) is 0 Å². The number of carbonyl (C=O) groups is 2. The number of amidine groups is 1. The van der Waals surface area contributed by atoms with Gasteiger partial charge in [0, 0.05) is 11.6 Å².